The molecule has 6 heteroatoms. The van der Waals surface area contributed by atoms with E-state index in [-0.39, 0.29) is 0 Å². The fourth-order valence-electron chi connectivity index (χ4n) is 2.26. The Labute approximate surface area is 129 Å². The Hall–Kier alpha value is -1.72. The zero-order chi connectivity index (χ0) is 15.4. The van der Waals surface area contributed by atoms with E-state index < -0.39 is 6.10 Å². The number of aliphatic hydroxyl groups is 1. The minimum atomic E-state index is -0.902. The highest BCUT2D eigenvalue weighted by molar-refractivity contribution is 6.30. The summed E-state index contributed by atoms with van der Waals surface area (Å²) in [6.07, 6.45) is 1.61. The Morgan fingerprint density at radius 2 is 2.00 bits per heavy atom. The van der Waals surface area contributed by atoms with E-state index in [4.69, 9.17) is 21.1 Å². The zero-order valence-corrected chi connectivity index (χ0v) is 13.1. The van der Waals surface area contributed by atoms with Crippen LogP contribution in [0.15, 0.2) is 24.4 Å². The molecule has 2 aromatic rings. The lowest BCUT2D eigenvalue weighted by Crippen LogP contribution is -2.12. The van der Waals surface area contributed by atoms with Crippen LogP contribution in [-0.2, 0) is 6.54 Å². The second-order valence-corrected chi connectivity index (χ2v) is 5.05. The molecular weight excluding hydrogens is 292 g/mol. The number of ether oxygens (including phenoxy) is 2. The molecule has 1 aromatic heterocycles. The lowest BCUT2D eigenvalue weighted by Gasteiger charge is -2.17. The van der Waals surface area contributed by atoms with Crippen LogP contribution in [0, 0.1) is 0 Å². The van der Waals surface area contributed by atoms with Crippen molar-refractivity contribution in [3.8, 4) is 11.5 Å². The molecule has 21 heavy (non-hydrogen) atoms. The second-order valence-electron chi connectivity index (χ2n) is 4.61. The van der Waals surface area contributed by atoms with Gasteiger partial charge in [-0.15, -0.1) is 0 Å². The van der Waals surface area contributed by atoms with Crippen molar-refractivity contribution in [2.75, 3.05) is 14.2 Å². The van der Waals surface area contributed by atoms with Gasteiger partial charge in [-0.2, -0.15) is 5.10 Å². The smallest absolute Gasteiger partial charge is 0.163 e. The summed E-state index contributed by atoms with van der Waals surface area (Å²) in [7, 11) is 3.10. The first kappa shape index (κ1) is 15.7. The molecule has 114 valence electrons. The van der Waals surface area contributed by atoms with Gasteiger partial charge in [0.1, 0.15) is 17.5 Å². The number of aryl methyl sites for hydroxylation is 1. The van der Waals surface area contributed by atoms with Crippen LogP contribution >= 0.6 is 11.6 Å². The third-order valence-electron chi connectivity index (χ3n) is 3.25. The average Bonchev–Trinajstić information content (AvgIpc) is 2.89. The summed E-state index contributed by atoms with van der Waals surface area (Å²) in [5.41, 5.74) is 1.23. The van der Waals surface area contributed by atoms with Gasteiger partial charge in [-0.3, -0.25) is 4.68 Å². The van der Waals surface area contributed by atoms with Gasteiger partial charge in [0.25, 0.3) is 0 Å². The highest BCUT2D eigenvalue weighted by atomic mass is 35.5. The van der Waals surface area contributed by atoms with E-state index in [1.807, 2.05) is 6.92 Å². The molecule has 1 unspecified atom stereocenters. The third-order valence-corrected chi connectivity index (χ3v) is 3.48. The van der Waals surface area contributed by atoms with Crippen LogP contribution in [0.1, 0.15) is 30.7 Å². The monoisotopic (exact) mass is 310 g/mol. The van der Waals surface area contributed by atoms with E-state index in [1.165, 1.54) is 0 Å². The maximum Gasteiger partial charge on any atom is 0.163 e. The Morgan fingerprint density at radius 1 is 1.29 bits per heavy atom. The van der Waals surface area contributed by atoms with Crippen molar-refractivity contribution < 1.29 is 14.6 Å². The molecule has 0 saturated carbocycles. The van der Waals surface area contributed by atoms with Crippen molar-refractivity contribution in [3.63, 3.8) is 0 Å². The molecule has 0 aliphatic rings. The van der Waals surface area contributed by atoms with E-state index in [1.54, 1.807) is 43.3 Å². The summed E-state index contributed by atoms with van der Waals surface area (Å²) in [5, 5.41) is 15.6. The van der Waals surface area contributed by atoms with E-state index in [9.17, 15) is 5.11 Å². The van der Waals surface area contributed by atoms with Gasteiger partial charge < -0.3 is 14.6 Å². The number of hydrogen-bond acceptors (Lipinski definition) is 4. The van der Waals surface area contributed by atoms with Crippen molar-refractivity contribution in [1.82, 2.24) is 9.78 Å². The van der Waals surface area contributed by atoms with Crippen LogP contribution in [0.5, 0.6) is 11.5 Å². The quantitative estimate of drug-likeness (QED) is 0.891. The van der Waals surface area contributed by atoms with Gasteiger partial charge in [0.15, 0.2) is 5.75 Å². The van der Waals surface area contributed by atoms with Crippen molar-refractivity contribution >= 4 is 11.6 Å². The van der Waals surface area contributed by atoms with Crippen molar-refractivity contribution in [2.24, 2.45) is 0 Å². The first-order chi connectivity index (χ1) is 10.1. The lowest BCUT2D eigenvalue weighted by molar-refractivity contribution is 0.197. The van der Waals surface area contributed by atoms with Crippen LogP contribution in [0.4, 0.5) is 0 Å². The van der Waals surface area contributed by atoms with Gasteiger partial charge in [-0.05, 0) is 18.6 Å². The molecule has 1 heterocycles. The molecule has 5 nitrogen and oxygen atoms in total. The Morgan fingerprint density at radius 3 is 2.62 bits per heavy atom. The van der Waals surface area contributed by atoms with E-state index in [0.29, 0.717) is 34.3 Å². The summed E-state index contributed by atoms with van der Waals surface area (Å²) in [6, 6.07) is 5.14. The van der Waals surface area contributed by atoms with E-state index in [0.717, 1.165) is 6.42 Å². The maximum absolute atomic E-state index is 10.7. The highest BCUT2D eigenvalue weighted by Gasteiger charge is 2.24. The summed E-state index contributed by atoms with van der Waals surface area (Å²) in [6.45, 7) is 2.75. The van der Waals surface area contributed by atoms with Crippen LogP contribution in [-0.4, -0.2) is 29.1 Å². The normalized spacial score (nSPS) is 12.2. The van der Waals surface area contributed by atoms with Gasteiger partial charge in [-0.1, -0.05) is 24.6 Å². The standard InChI is InChI=1S/C15H19ClN2O3/c1-4-7-18-14(13(21-3)9-17-18)15(19)11-6-5-10(16)8-12(11)20-2/h5-6,8-9,15,19H,4,7H2,1-3H3. The van der Waals surface area contributed by atoms with Crippen LogP contribution < -0.4 is 9.47 Å². The molecule has 0 radical (unpaired) electrons. The molecule has 1 aromatic carbocycles. The molecule has 2 rings (SSSR count). The molecule has 0 amide bonds. The van der Waals surface area contributed by atoms with Crippen molar-refractivity contribution in [3.05, 3.63) is 40.7 Å². The Balaban J connectivity index is 2.48. The summed E-state index contributed by atoms with van der Waals surface area (Å²) in [5.74, 6) is 1.08. The van der Waals surface area contributed by atoms with Crippen LogP contribution in [0.3, 0.4) is 0 Å². The molecule has 0 bridgehead atoms. The number of hydrogen-bond donors (Lipinski definition) is 1. The minimum Gasteiger partial charge on any atom is -0.496 e. The van der Waals surface area contributed by atoms with Crippen LogP contribution in [0.25, 0.3) is 0 Å². The van der Waals surface area contributed by atoms with Gasteiger partial charge >= 0.3 is 0 Å². The molecule has 1 N–H and O–H groups in total. The molecule has 0 aliphatic carbocycles. The summed E-state index contributed by atoms with van der Waals surface area (Å²) < 4.78 is 12.4. The maximum atomic E-state index is 10.7. The molecule has 0 fully saturated rings. The first-order valence-electron chi connectivity index (χ1n) is 6.73. The minimum absolute atomic E-state index is 0.529. The predicted molar refractivity (Wildman–Crippen MR) is 81.1 cm³/mol. The largest absolute Gasteiger partial charge is 0.496 e. The van der Waals surface area contributed by atoms with Gasteiger partial charge in [0.2, 0.25) is 0 Å². The molecule has 0 saturated heterocycles. The summed E-state index contributed by atoms with van der Waals surface area (Å²) in [4.78, 5) is 0. The number of rotatable bonds is 6. The number of aliphatic hydroxyl groups excluding tert-OH is 1. The van der Waals surface area contributed by atoms with Crippen molar-refractivity contribution in [2.45, 2.75) is 26.0 Å². The molecule has 1 atom stereocenters. The number of nitrogens with zero attached hydrogens (tertiary/aromatic N) is 2. The second kappa shape index (κ2) is 6.83. The zero-order valence-electron chi connectivity index (χ0n) is 12.3. The number of halogens is 1. The van der Waals surface area contributed by atoms with Crippen LogP contribution in [0.2, 0.25) is 5.02 Å². The van der Waals surface area contributed by atoms with E-state index >= 15 is 0 Å². The van der Waals surface area contributed by atoms with Crippen molar-refractivity contribution in [1.29, 1.82) is 0 Å². The number of benzene rings is 1. The fourth-order valence-corrected chi connectivity index (χ4v) is 2.42. The van der Waals surface area contributed by atoms with Gasteiger partial charge in [0.05, 0.1) is 20.4 Å². The Bertz CT molecular complexity index is 613. The molecular formula is C15H19ClN2O3. The third kappa shape index (κ3) is 3.14. The Kier molecular flexibility index (Phi) is 5.09. The number of aromatic nitrogens is 2. The predicted octanol–water partition coefficient (Wildman–Crippen LogP) is 3.05. The molecule has 0 aliphatic heterocycles. The summed E-state index contributed by atoms with van der Waals surface area (Å²) >= 11 is 5.96. The first-order valence-corrected chi connectivity index (χ1v) is 7.11. The molecule has 0 spiro atoms. The van der Waals surface area contributed by atoms with E-state index in [2.05, 4.69) is 5.10 Å². The average molecular weight is 311 g/mol. The highest BCUT2D eigenvalue weighted by Crippen LogP contribution is 2.36. The topological polar surface area (TPSA) is 56.5 Å². The lowest BCUT2D eigenvalue weighted by atomic mass is 10.0. The van der Waals surface area contributed by atoms with Gasteiger partial charge in [-0.25, -0.2) is 0 Å². The number of methoxy groups -OCH3 is 2. The fraction of sp³-hybridized carbons (Fsp3) is 0.400. The van der Waals surface area contributed by atoms with Gasteiger partial charge in [0, 0.05) is 17.1 Å². The SMILES string of the molecule is CCCn1ncc(OC)c1C(O)c1ccc(Cl)cc1OC.